The lowest BCUT2D eigenvalue weighted by atomic mass is 10.2. The van der Waals surface area contributed by atoms with E-state index in [-0.39, 0.29) is 0 Å². The first kappa shape index (κ1) is 18.0. The molecule has 24 heavy (non-hydrogen) atoms. The summed E-state index contributed by atoms with van der Waals surface area (Å²) >= 11 is 0. The quantitative estimate of drug-likeness (QED) is 0.411. The SMILES string of the molecule is CCCCOc1ccc(N=Nc2ccc(N(CC)CC)cc2)cc1. The highest BCUT2D eigenvalue weighted by Gasteiger charge is 2.01. The first-order valence-corrected chi connectivity index (χ1v) is 8.76. The van der Waals surface area contributed by atoms with E-state index in [1.165, 1.54) is 5.69 Å². The summed E-state index contributed by atoms with van der Waals surface area (Å²) in [5, 5.41) is 8.58. The minimum atomic E-state index is 0.760. The predicted octanol–water partition coefficient (Wildman–Crippen LogP) is 6.13. The van der Waals surface area contributed by atoms with Gasteiger partial charge in [-0.15, -0.1) is 0 Å². The highest BCUT2D eigenvalue weighted by molar-refractivity contribution is 5.52. The molecule has 4 nitrogen and oxygen atoms in total. The number of unbranched alkanes of at least 4 members (excludes halogenated alkanes) is 1. The van der Waals surface area contributed by atoms with Crippen molar-refractivity contribution in [2.45, 2.75) is 33.6 Å². The molecule has 0 saturated heterocycles. The van der Waals surface area contributed by atoms with Crippen LogP contribution in [0.15, 0.2) is 58.8 Å². The van der Waals surface area contributed by atoms with Crippen molar-refractivity contribution in [2.24, 2.45) is 10.2 Å². The highest BCUT2D eigenvalue weighted by Crippen LogP contribution is 2.23. The fourth-order valence-electron chi connectivity index (χ4n) is 2.38. The molecule has 0 aliphatic heterocycles. The van der Waals surface area contributed by atoms with Gasteiger partial charge in [0.15, 0.2) is 0 Å². The van der Waals surface area contributed by atoms with Crippen LogP contribution in [0, 0.1) is 0 Å². The second-order valence-corrected chi connectivity index (χ2v) is 5.58. The third-order valence-electron chi connectivity index (χ3n) is 3.86. The molecule has 2 aromatic carbocycles. The Balaban J connectivity index is 1.95. The first-order chi connectivity index (χ1) is 11.8. The Labute approximate surface area is 145 Å². The molecule has 0 radical (unpaired) electrons. The van der Waals surface area contributed by atoms with Crippen molar-refractivity contribution in [3.8, 4) is 5.75 Å². The molecule has 0 bridgehead atoms. The van der Waals surface area contributed by atoms with Crippen molar-refractivity contribution >= 4 is 17.1 Å². The Morgan fingerprint density at radius 3 is 1.83 bits per heavy atom. The Kier molecular flexibility index (Phi) is 7.27. The smallest absolute Gasteiger partial charge is 0.119 e. The number of hydrogen-bond acceptors (Lipinski definition) is 4. The van der Waals surface area contributed by atoms with Crippen LogP contribution >= 0.6 is 0 Å². The van der Waals surface area contributed by atoms with Crippen molar-refractivity contribution in [1.29, 1.82) is 0 Å². The highest BCUT2D eigenvalue weighted by atomic mass is 16.5. The van der Waals surface area contributed by atoms with Crippen molar-refractivity contribution < 1.29 is 4.74 Å². The zero-order chi connectivity index (χ0) is 17.2. The zero-order valence-corrected chi connectivity index (χ0v) is 14.9. The van der Waals surface area contributed by atoms with Gasteiger partial charge in [0.25, 0.3) is 0 Å². The Morgan fingerprint density at radius 1 is 0.792 bits per heavy atom. The van der Waals surface area contributed by atoms with Gasteiger partial charge in [-0.1, -0.05) is 13.3 Å². The Hall–Kier alpha value is -2.36. The fraction of sp³-hybridized carbons (Fsp3) is 0.400. The van der Waals surface area contributed by atoms with Crippen molar-refractivity contribution in [1.82, 2.24) is 0 Å². The van der Waals surface area contributed by atoms with Crippen LogP contribution in [0.25, 0.3) is 0 Å². The number of benzene rings is 2. The van der Waals surface area contributed by atoms with E-state index < -0.39 is 0 Å². The van der Waals surface area contributed by atoms with Crippen molar-refractivity contribution in [3.05, 3.63) is 48.5 Å². The molecule has 0 saturated carbocycles. The Morgan fingerprint density at radius 2 is 1.33 bits per heavy atom. The number of ether oxygens (including phenoxy) is 1. The third-order valence-corrected chi connectivity index (χ3v) is 3.86. The van der Waals surface area contributed by atoms with Crippen LogP contribution in [0.1, 0.15) is 33.6 Å². The van der Waals surface area contributed by atoms with Crippen LogP contribution in [-0.2, 0) is 0 Å². The largest absolute Gasteiger partial charge is 0.494 e. The van der Waals surface area contributed by atoms with E-state index in [0.717, 1.165) is 49.7 Å². The Bertz CT molecular complexity index is 616. The van der Waals surface area contributed by atoms with E-state index >= 15 is 0 Å². The second-order valence-electron chi connectivity index (χ2n) is 5.58. The summed E-state index contributed by atoms with van der Waals surface area (Å²) in [5.74, 6) is 0.881. The number of anilines is 1. The summed E-state index contributed by atoms with van der Waals surface area (Å²) in [6, 6.07) is 15.9. The van der Waals surface area contributed by atoms with Gasteiger partial charge in [-0.2, -0.15) is 10.2 Å². The summed E-state index contributed by atoms with van der Waals surface area (Å²) in [4.78, 5) is 2.30. The van der Waals surface area contributed by atoms with Gasteiger partial charge in [-0.25, -0.2) is 0 Å². The average Bonchev–Trinajstić information content (AvgIpc) is 2.63. The number of azo groups is 1. The molecule has 0 atom stereocenters. The zero-order valence-electron chi connectivity index (χ0n) is 14.9. The topological polar surface area (TPSA) is 37.2 Å². The first-order valence-electron chi connectivity index (χ1n) is 8.76. The standard InChI is InChI=1S/C20H27N3O/c1-4-7-16-24-20-14-10-18(11-15-20)22-21-17-8-12-19(13-9-17)23(5-2)6-3/h8-15H,4-7,16H2,1-3H3. The molecule has 0 unspecified atom stereocenters. The van der Waals surface area contributed by atoms with E-state index in [0.29, 0.717) is 0 Å². The monoisotopic (exact) mass is 325 g/mol. The van der Waals surface area contributed by atoms with Gasteiger partial charge < -0.3 is 9.64 Å². The molecule has 2 aromatic rings. The van der Waals surface area contributed by atoms with Crippen LogP contribution in [0.4, 0.5) is 17.1 Å². The number of hydrogen-bond donors (Lipinski definition) is 0. The molecule has 0 fully saturated rings. The van der Waals surface area contributed by atoms with Crippen LogP contribution < -0.4 is 9.64 Å². The van der Waals surface area contributed by atoms with Crippen molar-refractivity contribution in [2.75, 3.05) is 24.6 Å². The molecular weight excluding hydrogens is 298 g/mol. The summed E-state index contributed by atoms with van der Waals surface area (Å²) in [5.41, 5.74) is 2.90. The van der Waals surface area contributed by atoms with Gasteiger partial charge in [-0.05, 0) is 68.8 Å². The van der Waals surface area contributed by atoms with Crippen LogP contribution in [0.3, 0.4) is 0 Å². The molecule has 0 aliphatic rings. The summed E-state index contributed by atoms with van der Waals surface area (Å²) in [6.07, 6.45) is 2.21. The lowest BCUT2D eigenvalue weighted by Crippen LogP contribution is -2.21. The number of rotatable bonds is 9. The molecule has 2 rings (SSSR count). The fourth-order valence-corrected chi connectivity index (χ4v) is 2.38. The molecule has 0 spiro atoms. The van der Waals surface area contributed by atoms with Gasteiger partial charge in [0.2, 0.25) is 0 Å². The molecule has 0 N–H and O–H groups in total. The molecule has 0 amide bonds. The van der Waals surface area contributed by atoms with E-state index in [4.69, 9.17) is 4.74 Å². The van der Waals surface area contributed by atoms with E-state index in [1.807, 2.05) is 36.4 Å². The van der Waals surface area contributed by atoms with E-state index in [2.05, 4.69) is 48.0 Å². The average molecular weight is 325 g/mol. The molecular formula is C20H27N3O. The van der Waals surface area contributed by atoms with Crippen molar-refractivity contribution in [3.63, 3.8) is 0 Å². The van der Waals surface area contributed by atoms with Gasteiger partial charge in [-0.3, -0.25) is 0 Å². The summed E-state index contributed by atoms with van der Waals surface area (Å²) in [6.45, 7) is 9.24. The van der Waals surface area contributed by atoms with Gasteiger partial charge in [0, 0.05) is 18.8 Å². The maximum Gasteiger partial charge on any atom is 0.119 e. The lowest BCUT2D eigenvalue weighted by Gasteiger charge is -2.20. The number of nitrogens with zero attached hydrogens (tertiary/aromatic N) is 3. The minimum Gasteiger partial charge on any atom is -0.494 e. The van der Waals surface area contributed by atoms with Crippen LogP contribution in [0.5, 0.6) is 5.75 Å². The maximum atomic E-state index is 5.64. The van der Waals surface area contributed by atoms with Crippen LogP contribution in [0.2, 0.25) is 0 Å². The maximum absolute atomic E-state index is 5.64. The normalized spacial score (nSPS) is 11.0. The molecule has 128 valence electrons. The summed E-state index contributed by atoms with van der Waals surface area (Å²) < 4.78 is 5.64. The molecule has 0 aliphatic carbocycles. The van der Waals surface area contributed by atoms with Crippen LogP contribution in [-0.4, -0.2) is 19.7 Å². The molecule has 0 aromatic heterocycles. The third kappa shape index (κ3) is 5.37. The van der Waals surface area contributed by atoms with E-state index in [9.17, 15) is 0 Å². The minimum absolute atomic E-state index is 0.760. The van der Waals surface area contributed by atoms with Gasteiger partial charge in [0.1, 0.15) is 5.75 Å². The molecule has 4 heteroatoms. The van der Waals surface area contributed by atoms with Gasteiger partial charge >= 0.3 is 0 Å². The predicted molar refractivity (Wildman–Crippen MR) is 101 cm³/mol. The molecule has 0 heterocycles. The summed E-state index contributed by atoms with van der Waals surface area (Å²) in [7, 11) is 0. The lowest BCUT2D eigenvalue weighted by molar-refractivity contribution is 0.309. The van der Waals surface area contributed by atoms with E-state index in [1.54, 1.807) is 0 Å². The van der Waals surface area contributed by atoms with Gasteiger partial charge in [0.05, 0.1) is 18.0 Å². The second kappa shape index (κ2) is 9.71.